The number of hydrazone groups is 1. The number of sulfonamides is 1. The van der Waals surface area contributed by atoms with Crippen LogP contribution in [0.1, 0.15) is 15.9 Å². The van der Waals surface area contributed by atoms with Crippen LogP contribution in [0.3, 0.4) is 0 Å². The van der Waals surface area contributed by atoms with E-state index >= 15 is 0 Å². The van der Waals surface area contributed by atoms with E-state index in [1.165, 1.54) is 37.6 Å². The van der Waals surface area contributed by atoms with Gasteiger partial charge in [0.25, 0.3) is 15.9 Å². The fourth-order valence-corrected chi connectivity index (χ4v) is 5.48. The lowest BCUT2D eigenvalue weighted by molar-refractivity contribution is 0.0955. The number of benzene rings is 4. The molecule has 1 heterocycles. The molecule has 5 aromatic rings. The van der Waals surface area contributed by atoms with Gasteiger partial charge in [-0.3, -0.25) is 9.52 Å². The molecule has 0 radical (unpaired) electrons. The quantitative estimate of drug-likeness (QED) is 0.156. The van der Waals surface area contributed by atoms with Crippen LogP contribution in [0.2, 0.25) is 0 Å². The van der Waals surface area contributed by atoms with E-state index in [1.54, 1.807) is 61.5 Å². The molecule has 224 valence electrons. The Bertz CT molecular complexity index is 1920. The summed E-state index contributed by atoms with van der Waals surface area (Å²) in [6.07, 6.45) is 3.26. The van der Waals surface area contributed by atoms with Crippen LogP contribution in [0.25, 0.3) is 16.9 Å². The number of hydrogen-bond acceptors (Lipinski definition) is 8. The summed E-state index contributed by atoms with van der Waals surface area (Å²) >= 11 is 0. The first-order valence-corrected chi connectivity index (χ1v) is 14.8. The number of methoxy groups -OCH3 is 3. The first-order valence-electron chi connectivity index (χ1n) is 13.3. The fraction of sp³-hybridized carbons (Fsp3) is 0.0938. The molecule has 0 aliphatic carbocycles. The van der Waals surface area contributed by atoms with Gasteiger partial charge in [0, 0.05) is 22.9 Å². The molecule has 1 aromatic heterocycles. The fourth-order valence-electron chi connectivity index (χ4n) is 4.36. The highest BCUT2D eigenvalue weighted by molar-refractivity contribution is 7.92. The van der Waals surface area contributed by atoms with Gasteiger partial charge in [0.2, 0.25) is 0 Å². The SMILES string of the molecule is COc1ccccc1NS(=O)(=O)c1cccc(C(=O)N/N=C\c2cn(-c3ccccc3)nc2-c2ccc(OC)c(OC)c2)c1. The van der Waals surface area contributed by atoms with Crippen molar-refractivity contribution in [2.75, 3.05) is 26.1 Å². The number of anilines is 1. The van der Waals surface area contributed by atoms with E-state index in [0.717, 1.165) is 11.3 Å². The second-order valence-electron chi connectivity index (χ2n) is 9.32. The van der Waals surface area contributed by atoms with Crippen LogP contribution in [0.5, 0.6) is 17.2 Å². The van der Waals surface area contributed by atoms with Gasteiger partial charge < -0.3 is 14.2 Å². The summed E-state index contributed by atoms with van der Waals surface area (Å²) in [6, 6.07) is 27.2. The minimum absolute atomic E-state index is 0.0973. The Kier molecular flexibility index (Phi) is 8.91. The molecule has 44 heavy (non-hydrogen) atoms. The van der Waals surface area contributed by atoms with E-state index in [9.17, 15) is 13.2 Å². The number of carbonyl (C=O) groups excluding carboxylic acids is 1. The highest BCUT2D eigenvalue weighted by Crippen LogP contribution is 2.33. The minimum atomic E-state index is -4.01. The summed E-state index contributed by atoms with van der Waals surface area (Å²) < 4.78 is 46.4. The summed E-state index contributed by atoms with van der Waals surface area (Å²) in [5.41, 5.74) is 5.62. The molecule has 0 bridgehead atoms. The van der Waals surface area contributed by atoms with E-state index in [2.05, 4.69) is 15.2 Å². The van der Waals surface area contributed by atoms with Crippen LogP contribution in [0.15, 0.2) is 113 Å². The predicted octanol–water partition coefficient (Wildman–Crippen LogP) is 5.13. The van der Waals surface area contributed by atoms with Crippen LogP contribution in [0, 0.1) is 0 Å². The molecule has 12 heteroatoms. The van der Waals surface area contributed by atoms with E-state index in [1.807, 2.05) is 36.4 Å². The first-order chi connectivity index (χ1) is 21.3. The maximum atomic E-state index is 13.1. The summed E-state index contributed by atoms with van der Waals surface area (Å²) in [5.74, 6) is 0.870. The number of ether oxygens (including phenoxy) is 3. The number of nitrogens with one attached hydrogen (secondary N) is 2. The molecule has 11 nitrogen and oxygen atoms in total. The standard InChI is InChI=1S/C32H29N5O6S/c1-41-28-15-8-7-14-27(28)36-44(39,40)26-13-9-10-23(18-26)32(38)34-33-20-24-21-37(25-11-5-4-6-12-25)35-31(24)22-16-17-29(42-2)30(19-22)43-3/h4-21,36H,1-3H3,(H,34,38)/b33-20-. The van der Waals surface area contributed by atoms with Crippen molar-refractivity contribution in [2.45, 2.75) is 4.90 Å². The lowest BCUT2D eigenvalue weighted by Gasteiger charge is -2.12. The lowest BCUT2D eigenvalue weighted by Crippen LogP contribution is -2.19. The smallest absolute Gasteiger partial charge is 0.271 e. The second kappa shape index (κ2) is 13.1. The van der Waals surface area contributed by atoms with Crippen molar-refractivity contribution in [3.8, 4) is 34.2 Å². The number of hydrogen-bond donors (Lipinski definition) is 2. The third kappa shape index (κ3) is 6.55. The van der Waals surface area contributed by atoms with Gasteiger partial charge in [-0.15, -0.1) is 0 Å². The van der Waals surface area contributed by atoms with Crippen LogP contribution in [-0.2, 0) is 10.0 Å². The van der Waals surface area contributed by atoms with Crippen molar-refractivity contribution < 1.29 is 27.4 Å². The van der Waals surface area contributed by atoms with E-state index in [-0.39, 0.29) is 16.1 Å². The Morgan fingerprint density at radius 1 is 0.818 bits per heavy atom. The summed E-state index contributed by atoms with van der Waals surface area (Å²) in [6.45, 7) is 0. The summed E-state index contributed by atoms with van der Waals surface area (Å²) in [5, 5.41) is 8.91. The molecule has 4 aromatic carbocycles. The summed E-state index contributed by atoms with van der Waals surface area (Å²) in [4.78, 5) is 12.9. The number of para-hydroxylation sites is 3. The van der Waals surface area contributed by atoms with Gasteiger partial charge in [0.05, 0.1) is 43.8 Å². The lowest BCUT2D eigenvalue weighted by atomic mass is 10.1. The number of nitrogens with zero attached hydrogens (tertiary/aromatic N) is 3. The van der Waals surface area contributed by atoms with Crippen molar-refractivity contribution in [3.63, 3.8) is 0 Å². The van der Waals surface area contributed by atoms with Crippen molar-refractivity contribution in [1.82, 2.24) is 15.2 Å². The van der Waals surface area contributed by atoms with E-state index in [4.69, 9.17) is 19.3 Å². The molecule has 0 saturated heterocycles. The average molecular weight is 612 g/mol. The Hall–Kier alpha value is -5.62. The van der Waals surface area contributed by atoms with Gasteiger partial charge in [-0.1, -0.05) is 36.4 Å². The zero-order chi connectivity index (χ0) is 31.1. The Morgan fingerprint density at radius 3 is 2.30 bits per heavy atom. The van der Waals surface area contributed by atoms with Gasteiger partial charge in [-0.05, 0) is 60.7 Å². The monoisotopic (exact) mass is 611 g/mol. The predicted molar refractivity (Wildman–Crippen MR) is 167 cm³/mol. The number of rotatable bonds is 11. The van der Waals surface area contributed by atoms with Crippen LogP contribution in [0.4, 0.5) is 5.69 Å². The minimum Gasteiger partial charge on any atom is -0.495 e. The van der Waals surface area contributed by atoms with Crippen LogP contribution < -0.4 is 24.4 Å². The van der Waals surface area contributed by atoms with Crippen LogP contribution >= 0.6 is 0 Å². The van der Waals surface area contributed by atoms with E-state index in [0.29, 0.717) is 28.5 Å². The average Bonchev–Trinajstić information content (AvgIpc) is 3.49. The second-order valence-corrected chi connectivity index (χ2v) is 11.0. The maximum absolute atomic E-state index is 13.1. The zero-order valence-electron chi connectivity index (χ0n) is 24.1. The van der Waals surface area contributed by atoms with Crippen molar-refractivity contribution in [2.24, 2.45) is 5.10 Å². The Labute approximate surface area is 254 Å². The number of aromatic nitrogens is 2. The molecule has 0 fully saturated rings. The van der Waals surface area contributed by atoms with E-state index < -0.39 is 15.9 Å². The largest absolute Gasteiger partial charge is 0.495 e. The molecule has 5 rings (SSSR count). The normalized spacial score (nSPS) is 11.2. The Morgan fingerprint density at radius 2 is 1.55 bits per heavy atom. The number of carbonyl (C=O) groups is 1. The molecule has 2 N–H and O–H groups in total. The Balaban J connectivity index is 1.39. The van der Waals surface area contributed by atoms with Gasteiger partial charge in [-0.25, -0.2) is 18.5 Å². The van der Waals surface area contributed by atoms with Crippen LogP contribution in [-0.4, -0.2) is 51.6 Å². The van der Waals surface area contributed by atoms with Gasteiger partial charge in [0.15, 0.2) is 11.5 Å². The van der Waals surface area contributed by atoms with Crippen molar-refractivity contribution in [1.29, 1.82) is 0 Å². The molecule has 0 aliphatic rings. The molecular formula is C32H29N5O6S. The zero-order valence-corrected chi connectivity index (χ0v) is 24.9. The molecule has 1 amide bonds. The molecular weight excluding hydrogens is 582 g/mol. The summed E-state index contributed by atoms with van der Waals surface area (Å²) in [7, 11) is 0.544. The molecule has 0 saturated carbocycles. The maximum Gasteiger partial charge on any atom is 0.271 e. The van der Waals surface area contributed by atoms with Gasteiger partial charge in [0.1, 0.15) is 11.4 Å². The highest BCUT2D eigenvalue weighted by atomic mass is 32.2. The molecule has 0 spiro atoms. The van der Waals surface area contributed by atoms with Crippen molar-refractivity contribution in [3.05, 3.63) is 114 Å². The molecule has 0 unspecified atom stereocenters. The third-order valence-corrected chi connectivity index (χ3v) is 7.91. The van der Waals surface area contributed by atoms with Gasteiger partial charge in [-0.2, -0.15) is 10.2 Å². The van der Waals surface area contributed by atoms with Gasteiger partial charge >= 0.3 is 0 Å². The molecule has 0 aliphatic heterocycles. The third-order valence-electron chi connectivity index (χ3n) is 6.55. The highest BCUT2D eigenvalue weighted by Gasteiger charge is 2.19. The topological polar surface area (TPSA) is 133 Å². The van der Waals surface area contributed by atoms with Crippen molar-refractivity contribution >= 4 is 27.8 Å². The first kappa shape index (κ1) is 29.9. The number of amides is 1. The molecule has 0 atom stereocenters.